The van der Waals surface area contributed by atoms with Crippen molar-refractivity contribution in [1.29, 1.82) is 0 Å². The average molecular weight is 299 g/mol. The number of benzene rings is 1. The molecule has 1 N–H and O–H groups in total. The third-order valence-corrected chi connectivity index (χ3v) is 4.96. The highest BCUT2D eigenvalue weighted by atomic mass is 35.5. The lowest BCUT2D eigenvalue weighted by Crippen LogP contribution is -2.52. The minimum atomic E-state index is -0.226. The van der Waals surface area contributed by atoms with E-state index in [1.54, 1.807) is 6.07 Å². The summed E-state index contributed by atoms with van der Waals surface area (Å²) >= 11 is 5.87. The highest BCUT2D eigenvalue weighted by Crippen LogP contribution is 2.37. The zero-order valence-electron chi connectivity index (χ0n) is 12.5. The largest absolute Gasteiger partial charge is 0.311 e. The maximum atomic E-state index is 14.3. The molecule has 112 valence electrons. The van der Waals surface area contributed by atoms with Crippen LogP contribution < -0.4 is 5.32 Å². The molecule has 1 aliphatic rings. The van der Waals surface area contributed by atoms with E-state index in [1.807, 2.05) is 13.1 Å². The number of hydrogen-bond acceptors (Lipinski definition) is 2. The van der Waals surface area contributed by atoms with Gasteiger partial charge in [-0.1, -0.05) is 24.6 Å². The van der Waals surface area contributed by atoms with Crippen LogP contribution in [0.1, 0.15) is 44.7 Å². The minimum absolute atomic E-state index is 0.0390. The summed E-state index contributed by atoms with van der Waals surface area (Å²) in [5, 5.41) is 3.77. The molecule has 20 heavy (non-hydrogen) atoms. The third-order valence-electron chi connectivity index (χ3n) is 4.73. The zero-order valence-corrected chi connectivity index (χ0v) is 13.3. The van der Waals surface area contributed by atoms with Gasteiger partial charge in [-0.05, 0) is 58.5 Å². The van der Waals surface area contributed by atoms with Crippen molar-refractivity contribution >= 4 is 11.6 Å². The first-order valence-corrected chi connectivity index (χ1v) is 7.78. The van der Waals surface area contributed by atoms with E-state index in [2.05, 4.69) is 24.1 Å². The van der Waals surface area contributed by atoms with Crippen LogP contribution in [0.15, 0.2) is 18.2 Å². The van der Waals surface area contributed by atoms with Crippen LogP contribution in [0.4, 0.5) is 4.39 Å². The van der Waals surface area contributed by atoms with Crippen molar-refractivity contribution in [3.05, 3.63) is 34.6 Å². The van der Waals surface area contributed by atoms with Gasteiger partial charge in [0.15, 0.2) is 0 Å². The standard InChI is InChI=1S/C16H24ClFN2/c1-4-16(2,20-9-5-6-10-20)15(19-3)13-8-7-12(17)11-14(13)18/h7-8,11,15,19H,4-6,9-10H2,1-3H3. The number of hydrogen-bond donors (Lipinski definition) is 1. The summed E-state index contributed by atoms with van der Waals surface area (Å²) < 4.78 is 14.3. The Bertz CT molecular complexity index is 460. The summed E-state index contributed by atoms with van der Waals surface area (Å²) in [6.07, 6.45) is 3.44. The average Bonchev–Trinajstić information content (AvgIpc) is 2.96. The van der Waals surface area contributed by atoms with E-state index in [0.29, 0.717) is 10.6 Å². The van der Waals surface area contributed by atoms with Crippen molar-refractivity contribution in [2.45, 2.75) is 44.7 Å². The number of nitrogens with zero attached hydrogens (tertiary/aromatic N) is 1. The molecule has 0 aliphatic carbocycles. The summed E-state index contributed by atoms with van der Waals surface area (Å²) in [5.74, 6) is -0.226. The van der Waals surface area contributed by atoms with Gasteiger partial charge >= 0.3 is 0 Å². The van der Waals surface area contributed by atoms with Crippen molar-refractivity contribution in [3.63, 3.8) is 0 Å². The van der Waals surface area contributed by atoms with Gasteiger partial charge < -0.3 is 5.32 Å². The van der Waals surface area contributed by atoms with Gasteiger partial charge in [0, 0.05) is 16.1 Å². The van der Waals surface area contributed by atoms with Crippen molar-refractivity contribution < 1.29 is 4.39 Å². The second kappa shape index (κ2) is 6.42. The van der Waals surface area contributed by atoms with Gasteiger partial charge in [-0.25, -0.2) is 4.39 Å². The van der Waals surface area contributed by atoms with Gasteiger partial charge in [0.1, 0.15) is 5.82 Å². The molecule has 1 aliphatic heterocycles. The highest BCUT2D eigenvalue weighted by Gasteiger charge is 2.40. The van der Waals surface area contributed by atoms with Crippen molar-refractivity contribution in [1.82, 2.24) is 10.2 Å². The lowest BCUT2D eigenvalue weighted by molar-refractivity contribution is 0.0858. The van der Waals surface area contributed by atoms with E-state index in [-0.39, 0.29) is 17.4 Å². The number of nitrogens with one attached hydrogen (secondary N) is 1. The molecule has 1 saturated heterocycles. The maximum absolute atomic E-state index is 14.3. The fraction of sp³-hybridized carbons (Fsp3) is 0.625. The molecule has 0 bridgehead atoms. The molecule has 0 amide bonds. The first-order chi connectivity index (χ1) is 9.52. The first kappa shape index (κ1) is 15.7. The lowest BCUT2D eigenvalue weighted by atomic mass is 9.83. The van der Waals surface area contributed by atoms with Crippen LogP contribution in [-0.4, -0.2) is 30.6 Å². The SMILES string of the molecule is CCC(C)(C(NC)c1ccc(Cl)cc1F)N1CCCC1. The molecule has 0 radical (unpaired) electrons. The predicted molar refractivity (Wildman–Crippen MR) is 82.7 cm³/mol. The molecule has 2 atom stereocenters. The first-order valence-electron chi connectivity index (χ1n) is 7.40. The lowest BCUT2D eigenvalue weighted by Gasteiger charge is -2.44. The van der Waals surface area contributed by atoms with Crippen LogP contribution in [-0.2, 0) is 0 Å². The van der Waals surface area contributed by atoms with Crippen LogP contribution in [0.25, 0.3) is 0 Å². The number of halogens is 2. The number of rotatable bonds is 5. The Kier molecular flexibility index (Phi) is 5.05. The van der Waals surface area contributed by atoms with E-state index in [0.717, 1.165) is 19.5 Å². The van der Waals surface area contributed by atoms with E-state index in [9.17, 15) is 4.39 Å². The third kappa shape index (κ3) is 2.85. The Morgan fingerprint density at radius 3 is 2.55 bits per heavy atom. The molecule has 0 saturated carbocycles. The van der Waals surface area contributed by atoms with Gasteiger partial charge in [-0.3, -0.25) is 4.90 Å². The van der Waals surface area contributed by atoms with Crippen LogP contribution in [0.5, 0.6) is 0 Å². The van der Waals surface area contributed by atoms with E-state index in [4.69, 9.17) is 11.6 Å². The fourth-order valence-corrected chi connectivity index (χ4v) is 3.53. The van der Waals surface area contributed by atoms with Gasteiger partial charge in [-0.15, -0.1) is 0 Å². The Labute approximate surface area is 126 Å². The number of likely N-dealkylation sites (tertiary alicyclic amines) is 1. The summed E-state index contributed by atoms with van der Waals surface area (Å²) in [7, 11) is 1.91. The van der Waals surface area contributed by atoms with Crippen molar-refractivity contribution in [3.8, 4) is 0 Å². The summed E-state index contributed by atoms with van der Waals surface area (Å²) in [4.78, 5) is 2.49. The minimum Gasteiger partial charge on any atom is -0.311 e. The smallest absolute Gasteiger partial charge is 0.129 e. The Hall–Kier alpha value is -0.640. The monoisotopic (exact) mass is 298 g/mol. The van der Waals surface area contributed by atoms with Gasteiger partial charge in [-0.2, -0.15) is 0 Å². The molecule has 0 spiro atoms. The maximum Gasteiger partial charge on any atom is 0.129 e. The normalized spacial score (nSPS) is 20.9. The van der Waals surface area contributed by atoms with Crippen LogP contribution in [0, 0.1) is 5.82 Å². The molecule has 1 aromatic rings. The topological polar surface area (TPSA) is 15.3 Å². The molecule has 2 rings (SSSR count). The molecule has 4 heteroatoms. The van der Waals surface area contributed by atoms with Gasteiger partial charge in [0.25, 0.3) is 0 Å². The second-order valence-electron chi connectivity index (χ2n) is 5.79. The van der Waals surface area contributed by atoms with E-state index < -0.39 is 0 Å². The van der Waals surface area contributed by atoms with Gasteiger partial charge in [0.2, 0.25) is 0 Å². The summed E-state index contributed by atoms with van der Waals surface area (Å²) in [6.45, 7) is 6.60. The molecule has 1 fully saturated rings. The van der Waals surface area contributed by atoms with Crippen molar-refractivity contribution in [2.24, 2.45) is 0 Å². The quantitative estimate of drug-likeness (QED) is 0.884. The summed E-state index contributed by atoms with van der Waals surface area (Å²) in [6, 6.07) is 4.94. The van der Waals surface area contributed by atoms with Crippen LogP contribution in [0.2, 0.25) is 5.02 Å². The van der Waals surface area contributed by atoms with Crippen molar-refractivity contribution in [2.75, 3.05) is 20.1 Å². The van der Waals surface area contributed by atoms with E-state index >= 15 is 0 Å². The Morgan fingerprint density at radius 2 is 2.05 bits per heavy atom. The fourth-order valence-electron chi connectivity index (χ4n) is 3.38. The molecule has 1 heterocycles. The van der Waals surface area contributed by atoms with Gasteiger partial charge in [0.05, 0.1) is 6.04 Å². The number of likely N-dealkylation sites (N-methyl/N-ethyl adjacent to an activating group) is 1. The van der Waals surface area contributed by atoms with Crippen LogP contribution >= 0.6 is 11.6 Å². The van der Waals surface area contributed by atoms with Crippen LogP contribution in [0.3, 0.4) is 0 Å². The van der Waals surface area contributed by atoms with E-state index in [1.165, 1.54) is 18.9 Å². The highest BCUT2D eigenvalue weighted by molar-refractivity contribution is 6.30. The molecule has 2 nitrogen and oxygen atoms in total. The second-order valence-corrected chi connectivity index (χ2v) is 6.23. The predicted octanol–water partition coefficient (Wildman–Crippen LogP) is 4.00. The zero-order chi connectivity index (χ0) is 14.8. The molecule has 0 aromatic heterocycles. The Morgan fingerprint density at radius 1 is 1.40 bits per heavy atom. The molecular weight excluding hydrogens is 275 g/mol. The molecule has 2 unspecified atom stereocenters. The summed E-state index contributed by atoms with van der Waals surface area (Å²) in [5.41, 5.74) is 0.619. The molecular formula is C16H24ClFN2. The Balaban J connectivity index is 2.38. The molecule has 1 aromatic carbocycles.